The Morgan fingerprint density at radius 1 is 1.15 bits per heavy atom. The van der Waals surface area contributed by atoms with Gasteiger partial charge in [0.2, 0.25) is 0 Å². The van der Waals surface area contributed by atoms with Crippen LogP contribution in [0.4, 0.5) is 13.2 Å². The molecule has 0 spiro atoms. The minimum atomic E-state index is -4.28. The number of alkyl halides is 3. The van der Waals surface area contributed by atoms with Gasteiger partial charge in [-0.25, -0.2) is 0 Å². The Balaban J connectivity index is 2.03. The number of rotatable bonds is 4. The van der Waals surface area contributed by atoms with E-state index in [-0.39, 0.29) is 12.2 Å². The van der Waals surface area contributed by atoms with Gasteiger partial charge < -0.3 is 9.47 Å². The molecule has 1 unspecified atom stereocenters. The monoisotopic (exact) mass is 288 g/mol. The van der Waals surface area contributed by atoms with Gasteiger partial charge in [-0.2, -0.15) is 13.2 Å². The summed E-state index contributed by atoms with van der Waals surface area (Å²) in [4.78, 5) is 0. The van der Waals surface area contributed by atoms with Crippen LogP contribution < -0.4 is 0 Å². The molecule has 0 aromatic heterocycles. The van der Waals surface area contributed by atoms with Gasteiger partial charge in [0.1, 0.15) is 0 Å². The summed E-state index contributed by atoms with van der Waals surface area (Å²) in [7, 11) is 0. The highest BCUT2D eigenvalue weighted by atomic mass is 19.4. The normalized spacial score (nSPS) is 19.0. The van der Waals surface area contributed by atoms with Crippen LogP contribution in [0.5, 0.6) is 0 Å². The zero-order chi connectivity index (χ0) is 14.6. The van der Waals surface area contributed by atoms with Gasteiger partial charge in [-0.1, -0.05) is 19.1 Å². The lowest BCUT2D eigenvalue weighted by atomic mass is 9.92. The number of hydrogen-bond acceptors (Lipinski definition) is 2. The summed E-state index contributed by atoms with van der Waals surface area (Å²) < 4.78 is 48.6. The molecule has 0 amide bonds. The highest BCUT2D eigenvalue weighted by Crippen LogP contribution is 2.32. The average molecular weight is 288 g/mol. The van der Waals surface area contributed by atoms with E-state index < -0.39 is 11.7 Å². The first kappa shape index (κ1) is 15.3. The fraction of sp³-hybridized carbons (Fsp3) is 0.600. The molecule has 1 atom stereocenters. The molecule has 20 heavy (non-hydrogen) atoms. The molecule has 1 heterocycles. The van der Waals surface area contributed by atoms with Crippen molar-refractivity contribution in [2.45, 2.75) is 44.6 Å². The van der Waals surface area contributed by atoms with Gasteiger partial charge in [-0.3, -0.25) is 0 Å². The largest absolute Gasteiger partial charge is 0.416 e. The maximum Gasteiger partial charge on any atom is 0.416 e. The van der Waals surface area contributed by atoms with Crippen LogP contribution in [-0.2, 0) is 15.7 Å². The predicted octanol–water partition coefficient (Wildman–Crippen LogP) is 4.35. The third-order valence-corrected chi connectivity index (χ3v) is 3.58. The molecule has 0 radical (unpaired) electrons. The smallest absolute Gasteiger partial charge is 0.353 e. The Morgan fingerprint density at radius 2 is 1.75 bits per heavy atom. The summed E-state index contributed by atoms with van der Waals surface area (Å²) in [5.41, 5.74) is 0.291. The standard InChI is InChI=1S/C15H19F3O2/c1-2-11(10-14-19-8-3-9-20-14)12-4-6-13(7-5-12)15(16,17)18/h4-7,11,14H,2-3,8-10H2,1H3. The van der Waals surface area contributed by atoms with Gasteiger partial charge in [0, 0.05) is 6.42 Å². The van der Waals surface area contributed by atoms with Gasteiger partial charge >= 0.3 is 6.18 Å². The number of ether oxygens (including phenoxy) is 2. The predicted molar refractivity (Wildman–Crippen MR) is 69.4 cm³/mol. The molecule has 1 saturated heterocycles. The van der Waals surface area contributed by atoms with Crippen LogP contribution in [0.15, 0.2) is 24.3 Å². The van der Waals surface area contributed by atoms with Gasteiger partial charge in [0.15, 0.2) is 6.29 Å². The minimum Gasteiger partial charge on any atom is -0.353 e. The summed E-state index contributed by atoms with van der Waals surface area (Å²) >= 11 is 0. The molecule has 1 aliphatic heterocycles. The van der Waals surface area contributed by atoms with E-state index in [0.717, 1.165) is 30.5 Å². The molecular weight excluding hydrogens is 269 g/mol. The second-order valence-electron chi connectivity index (χ2n) is 4.99. The quantitative estimate of drug-likeness (QED) is 0.820. The van der Waals surface area contributed by atoms with E-state index in [2.05, 4.69) is 0 Å². The third-order valence-electron chi connectivity index (χ3n) is 3.58. The van der Waals surface area contributed by atoms with Gasteiger partial charge in [-0.05, 0) is 36.5 Å². The Bertz CT molecular complexity index is 408. The third kappa shape index (κ3) is 3.96. The molecule has 2 rings (SSSR count). The van der Waals surface area contributed by atoms with Crippen molar-refractivity contribution in [1.29, 1.82) is 0 Å². The fourth-order valence-electron chi connectivity index (χ4n) is 2.39. The first-order valence-corrected chi connectivity index (χ1v) is 6.91. The van der Waals surface area contributed by atoms with Gasteiger partial charge in [-0.15, -0.1) is 0 Å². The van der Waals surface area contributed by atoms with Crippen LogP contribution in [0.25, 0.3) is 0 Å². The topological polar surface area (TPSA) is 18.5 Å². The summed E-state index contributed by atoms with van der Waals surface area (Å²) in [5.74, 6) is 0.153. The van der Waals surface area contributed by atoms with Crippen molar-refractivity contribution in [3.63, 3.8) is 0 Å². The Kier molecular flexibility index (Phi) is 5.05. The highest BCUT2D eigenvalue weighted by Gasteiger charge is 2.30. The zero-order valence-corrected chi connectivity index (χ0v) is 11.5. The minimum absolute atomic E-state index is 0.153. The highest BCUT2D eigenvalue weighted by molar-refractivity contribution is 5.27. The van der Waals surface area contributed by atoms with Crippen molar-refractivity contribution in [3.05, 3.63) is 35.4 Å². The van der Waals surface area contributed by atoms with Crippen LogP contribution in [-0.4, -0.2) is 19.5 Å². The van der Waals surface area contributed by atoms with Crippen molar-refractivity contribution in [3.8, 4) is 0 Å². The lowest BCUT2D eigenvalue weighted by Gasteiger charge is -2.27. The first-order chi connectivity index (χ1) is 9.50. The van der Waals surface area contributed by atoms with Crippen LogP contribution >= 0.6 is 0 Å². The van der Waals surface area contributed by atoms with Crippen LogP contribution in [0, 0.1) is 0 Å². The van der Waals surface area contributed by atoms with E-state index in [1.54, 1.807) is 12.1 Å². The van der Waals surface area contributed by atoms with Gasteiger partial charge in [0.05, 0.1) is 18.8 Å². The number of hydrogen-bond donors (Lipinski definition) is 0. The van der Waals surface area contributed by atoms with Crippen molar-refractivity contribution >= 4 is 0 Å². The lowest BCUT2D eigenvalue weighted by Crippen LogP contribution is -2.26. The number of benzene rings is 1. The summed E-state index contributed by atoms with van der Waals surface area (Å²) in [6.07, 6.45) is -2.10. The van der Waals surface area contributed by atoms with Crippen LogP contribution in [0.2, 0.25) is 0 Å². The lowest BCUT2D eigenvalue weighted by molar-refractivity contribution is -0.183. The molecule has 1 aromatic rings. The van der Waals surface area contributed by atoms with E-state index in [4.69, 9.17) is 9.47 Å². The van der Waals surface area contributed by atoms with E-state index in [9.17, 15) is 13.2 Å². The Labute approximate surface area is 116 Å². The fourth-order valence-corrected chi connectivity index (χ4v) is 2.39. The molecule has 5 heteroatoms. The maximum absolute atomic E-state index is 12.5. The average Bonchev–Trinajstić information content (AvgIpc) is 2.45. The summed E-state index contributed by atoms with van der Waals surface area (Å²) in [5, 5.41) is 0. The second-order valence-corrected chi connectivity index (χ2v) is 4.99. The SMILES string of the molecule is CCC(CC1OCCCO1)c1ccc(C(F)(F)F)cc1. The molecule has 0 aliphatic carbocycles. The molecule has 112 valence electrons. The summed E-state index contributed by atoms with van der Waals surface area (Å²) in [6, 6.07) is 5.39. The molecule has 1 aliphatic rings. The van der Waals surface area contributed by atoms with Crippen molar-refractivity contribution in [2.24, 2.45) is 0 Å². The molecule has 1 aromatic carbocycles. The zero-order valence-electron chi connectivity index (χ0n) is 11.5. The molecule has 0 bridgehead atoms. The van der Waals surface area contributed by atoms with Crippen molar-refractivity contribution in [2.75, 3.05) is 13.2 Å². The van der Waals surface area contributed by atoms with E-state index in [1.807, 2.05) is 6.92 Å². The molecular formula is C15H19F3O2. The molecule has 0 N–H and O–H groups in total. The van der Waals surface area contributed by atoms with Crippen molar-refractivity contribution < 1.29 is 22.6 Å². The maximum atomic E-state index is 12.5. The van der Waals surface area contributed by atoms with E-state index in [0.29, 0.717) is 19.6 Å². The van der Waals surface area contributed by atoms with E-state index >= 15 is 0 Å². The van der Waals surface area contributed by atoms with Gasteiger partial charge in [0.25, 0.3) is 0 Å². The second kappa shape index (κ2) is 6.59. The first-order valence-electron chi connectivity index (χ1n) is 6.91. The molecule has 0 saturated carbocycles. The molecule has 2 nitrogen and oxygen atoms in total. The Hall–Kier alpha value is -1.07. The Morgan fingerprint density at radius 3 is 2.25 bits per heavy atom. The van der Waals surface area contributed by atoms with E-state index in [1.165, 1.54) is 0 Å². The van der Waals surface area contributed by atoms with Crippen LogP contribution in [0.1, 0.15) is 43.2 Å². The summed E-state index contributed by atoms with van der Waals surface area (Å²) in [6.45, 7) is 3.40. The van der Waals surface area contributed by atoms with Crippen molar-refractivity contribution in [1.82, 2.24) is 0 Å². The van der Waals surface area contributed by atoms with Crippen LogP contribution in [0.3, 0.4) is 0 Å². The number of halogens is 3. The molecule has 1 fully saturated rings.